The van der Waals surface area contributed by atoms with Gasteiger partial charge in [-0.05, 0) is 46.2 Å². The van der Waals surface area contributed by atoms with Crippen molar-refractivity contribution in [1.82, 2.24) is 4.90 Å². The Morgan fingerprint density at radius 2 is 0.840 bits per heavy atom. The van der Waals surface area contributed by atoms with Gasteiger partial charge in [0.05, 0.1) is 0 Å². The summed E-state index contributed by atoms with van der Waals surface area (Å²) in [5.74, 6) is 0. The second-order valence-electron chi connectivity index (χ2n) is 8.79. The van der Waals surface area contributed by atoms with E-state index in [1.807, 2.05) is 0 Å². The first-order valence-electron chi connectivity index (χ1n) is 11.8. The average molecular weight is 354 g/mol. The van der Waals surface area contributed by atoms with Crippen LogP contribution in [0.15, 0.2) is 0 Å². The second kappa shape index (κ2) is 17.4. The first kappa shape index (κ1) is 25.0. The molecule has 152 valence electrons. The molecule has 25 heavy (non-hydrogen) atoms. The molecule has 1 heteroatoms. The van der Waals surface area contributed by atoms with Crippen molar-refractivity contribution < 1.29 is 0 Å². The van der Waals surface area contributed by atoms with Gasteiger partial charge in [-0.3, -0.25) is 4.90 Å². The van der Waals surface area contributed by atoms with E-state index in [2.05, 4.69) is 39.5 Å². The molecule has 0 atom stereocenters. The van der Waals surface area contributed by atoms with E-state index in [9.17, 15) is 0 Å². The van der Waals surface area contributed by atoms with E-state index < -0.39 is 0 Å². The molecule has 0 spiro atoms. The Morgan fingerprint density at radius 1 is 0.480 bits per heavy atom. The highest BCUT2D eigenvalue weighted by atomic mass is 15.2. The molecule has 0 saturated heterocycles. The van der Waals surface area contributed by atoms with Crippen molar-refractivity contribution in [3.05, 3.63) is 0 Å². The summed E-state index contributed by atoms with van der Waals surface area (Å²) < 4.78 is 0. The standard InChI is InChI=1S/C24H51N/c1-6-9-11-13-15-17-19-22-25(24(4,5)21-8-3)23-20-18-16-14-12-10-7-2/h6-23H2,1-5H3. The van der Waals surface area contributed by atoms with Gasteiger partial charge in [0.1, 0.15) is 0 Å². The van der Waals surface area contributed by atoms with Crippen molar-refractivity contribution in [2.45, 2.75) is 143 Å². The minimum atomic E-state index is 0.388. The monoisotopic (exact) mass is 353 g/mol. The number of hydrogen-bond acceptors (Lipinski definition) is 1. The summed E-state index contributed by atoms with van der Waals surface area (Å²) in [7, 11) is 0. The van der Waals surface area contributed by atoms with E-state index in [1.165, 1.54) is 116 Å². The molecule has 0 radical (unpaired) electrons. The summed E-state index contributed by atoms with van der Waals surface area (Å²) >= 11 is 0. The van der Waals surface area contributed by atoms with Crippen molar-refractivity contribution in [1.29, 1.82) is 0 Å². The predicted molar refractivity (Wildman–Crippen MR) is 117 cm³/mol. The lowest BCUT2D eigenvalue weighted by Gasteiger charge is -2.39. The maximum atomic E-state index is 2.81. The molecular weight excluding hydrogens is 302 g/mol. The molecule has 0 aromatic heterocycles. The van der Waals surface area contributed by atoms with Crippen molar-refractivity contribution in [3.63, 3.8) is 0 Å². The van der Waals surface area contributed by atoms with Gasteiger partial charge in [-0.2, -0.15) is 0 Å². The van der Waals surface area contributed by atoms with Gasteiger partial charge >= 0.3 is 0 Å². The van der Waals surface area contributed by atoms with Crippen LogP contribution in [-0.2, 0) is 0 Å². The fourth-order valence-corrected chi connectivity index (χ4v) is 4.01. The van der Waals surface area contributed by atoms with E-state index in [0.29, 0.717) is 5.54 Å². The maximum absolute atomic E-state index is 2.81. The van der Waals surface area contributed by atoms with Crippen molar-refractivity contribution in [3.8, 4) is 0 Å². The smallest absolute Gasteiger partial charge is 0.0153 e. The van der Waals surface area contributed by atoms with Crippen LogP contribution in [0.2, 0.25) is 0 Å². The molecule has 0 amide bonds. The Balaban J connectivity index is 3.99. The molecule has 0 aliphatic heterocycles. The first-order chi connectivity index (χ1) is 12.1. The van der Waals surface area contributed by atoms with Crippen LogP contribution < -0.4 is 0 Å². The molecule has 1 nitrogen and oxygen atoms in total. The highest BCUT2D eigenvalue weighted by Gasteiger charge is 2.24. The van der Waals surface area contributed by atoms with Gasteiger partial charge in [-0.15, -0.1) is 0 Å². The number of rotatable bonds is 19. The molecule has 0 heterocycles. The molecule has 0 aliphatic rings. The average Bonchev–Trinajstić information content (AvgIpc) is 2.58. The fourth-order valence-electron chi connectivity index (χ4n) is 4.01. The minimum Gasteiger partial charge on any atom is -0.298 e. The second-order valence-corrected chi connectivity index (χ2v) is 8.79. The summed E-state index contributed by atoms with van der Waals surface area (Å²) in [6.45, 7) is 14.5. The summed E-state index contributed by atoms with van der Waals surface area (Å²) in [5.41, 5.74) is 0.388. The van der Waals surface area contributed by atoms with Gasteiger partial charge in [0, 0.05) is 5.54 Å². The van der Waals surface area contributed by atoms with Crippen LogP contribution in [-0.4, -0.2) is 23.5 Å². The first-order valence-corrected chi connectivity index (χ1v) is 11.8. The van der Waals surface area contributed by atoms with Gasteiger partial charge in [-0.1, -0.05) is 104 Å². The molecule has 0 rings (SSSR count). The zero-order valence-corrected chi connectivity index (χ0v) is 18.7. The van der Waals surface area contributed by atoms with Crippen LogP contribution in [0, 0.1) is 0 Å². The minimum absolute atomic E-state index is 0.388. The molecule has 0 aromatic rings. The van der Waals surface area contributed by atoms with Crippen LogP contribution in [0.5, 0.6) is 0 Å². The SMILES string of the molecule is CCCCCCCCCN(CCCCCCCCC)C(C)(C)CCC. The van der Waals surface area contributed by atoms with Gasteiger partial charge in [0.25, 0.3) is 0 Å². The van der Waals surface area contributed by atoms with Gasteiger partial charge in [0.2, 0.25) is 0 Å². The normalized spacial score (nSPS) is 12.2. The Bertz CT molecular complexity index is 241. The van der Waals surface area contributed by atoms with Crippen molar-refractivity contribution in [2.24, 2.45) is 0 Å². The van der Waals surface area contributed by atoms with Crippen LogP contribution in [0.25, 0.3) is 0 Å². The lowest BCUT2D eigenvalue weighted by molar-refractivity contribution is 0.105. The van der Waals surface area contributed by atoms with Crippen LogP contribution >= 0.6 is 0 Å². The fraction of sp³-hybridized carbons (Fsp3) is 1.00. The van der Waals surface area contributed by atoms with Crippen molar-refractivity contribution >= 4 is 0 Å². The van der Waals surface area contributed by atoms with E-state index in [4.69, 9.17) is 0 Å². The number of hydrogen-bond donors (Lipinski definition) is 0. The molecule has 0 saturated carbocycles. The Morgan fingerprint density at radius 3 is 1.20 bits per heavy atom. The highest BCUT2D eigenvalue weighted by Crippen LogP contribution is 2.23. The molecule has 0 aliphatic carbocycles. The third kappa shape index (κ3) is 14.8. The molecule has 0 unspecified atom stereocenters. The molecule has 0 N–H and O–H groups in total. The summed E-state index contributed by atoms with van der Waals surface area (Å²) in [6.07, 6.45) is 22.5. The number of unbranched alkanes of at least 4 members (excludes halogenated alkanes) is 12. The quantitative estimate of drug-likeness (QED) is 0.211. The molecular formula is C24H51N. The zero-order chi connectivity index (χ0) is 18.8. The lowest BCUT2D eigenvalue weighted by atomic mass is 9.95. The van der Waals surface area contributed by atoms with E-state index in [1.54, 1.807) is 0 Å². The summed E-state index contributed by atoms with van der Waals surface area (Å²) in [6, 6.07) is 0. The predicted octanol–water partition coefficient (Wildman–Crippen LogP) is 8.37. The summed E-state index contributed by atoms with van der Waals surface area (Å²) in [5, 5.41) is 0. The van der Waals surface area contributed by atoms with E-state index in [0.717, 1.165) is 0 Å². The Kier molecular flexibility index (Phi) is 17.3. The largest absolute Gasteiger partial charge is 0.298 e. The lowest BCUT2D eigenvalue weighted by Crippen LogP contribution is -2.45. The number of nitrogens with zero attached hydrogens (tertiary/aromatic N) is 1. The summed E-state index contributed by atoms with van der Waals surface area (Å²) in [4.78, 5) is 2.81. The molecule has 0 fully saturated rings. The highest BCUT2D eigenvalue weighted by molar-refractivity contribution is 4.81. The van der Waals surface area contributed by atoms with Crippen LogP contribution in [0.1, 0.15) is 137 Å². The topological polar surface area (TPSA) is 3.24 Å². The van der Waals surface area contributed by atoms with Gasteiger partial charge in [0.15, 0.2) is 0 Å². The van der Waals surface area contributed by atoms with Gasteiger partial charge in [-0.25, -0.2) is 0 Å². The third-order valence-corrected chi connectivity index (χ3v) is 5.78. The Hall–Kier alpha value is -0.0400. The van der Waals surface area contributed by atoms with Crippen molar-refractivity contribution in [2.75, 3.05) is 13.1 Å². The van der Waals surface area contributed by atoms with E-state index in [-0.39, 0.29) is 0 Å². The molecule has 0 bridgehead atoms. The Labute approximate surface area is 161 Å². The van der Waals surface area contributed by atoms with Crippen LogP contribution in [0.4, 0.5) is 0 Å². The van der Waals surface area contributed by atoms with Crippen LogP contribution in [0.3, 0.4) is 0 Å². The maximum Gasteiger partial charge on any atom is 0.0153 e. The van der Waals surface area contributed by atoms with E-state index >= 15 is 0 Å². The molecule has 0 aromatic carbocycles. The van der Waals surface area contributed by atoms with Gasteiger partial charge < -0.3 is 0 Å². The zero-order valence-electron chi connectivity index (χ0n) is 18.7. The third-order valence-electron chi connectivity index (χ3n) is 5.78.